The molecule has 0 amide bonds. The first-order chi connectivity index (χ1) is 5.35. The van der Waals surface area contributed by atoms with Gasteiger partial charge in [0, 0.05) is 14.2 Å². The van der Waals surface area contributed by atoms with Crippen LogP contribution >= 0.6 is 0 Å². The molecule has 0 rings (SSSR count). The minimum Gasteiger partial charge on any atom is -0.382 e. The molecule has 1 unspecified atom stereocenters. The van der Waals surface area contributed by atoms with Crippen molar-refractivity contribution < 1.29 is 14.2 Å². The van der Waals surface area contributed by atoms with E-state index in [9.17, 15) is 0 Å². The summed E-state index contributed by atoms with van der Waals surface area (Å²) in [7, 11) is 3.32. The fourth-order valence-electron chi connectivity index (χ4n) is 0.768. The Labute approximate surface area is 68.6 Å². The summed E-state index contributed by atoms with van der Waals surface area (Å²) < 4.78 is 15.2. The zero-order valence-corrected chi connectivity index (χ0v) is 7.63. The lowest BCUT2D eigenvalue weighted by molar-refractivity contribution is -0.135. The van der Waals surface area contributed by atoms with Crippen LogP contribution in [0.2, 0.25) is 0 Å². The molecule has 0 N–H and O–H groups in total. The van der Waals surface area contributed by atoms with Crippen molar-refractivity contribution in [1.82, 2.24) is 0 Å². The molecule has 0 saturated heterocycles. The monoisotopic (exact) mass is 162 g/mol. The molecule has 0 aliphatic carbocycles. The summed E-state index contributed by atoms with van der Waals surface area (Å²) in [6.45, 7) is 3.34. The number of hydrogen-bond acceptors (Lipinski definition) is 3. The first-order valence-electron chi connectivity index (χ1n) is 3.98. The Balaban J connectivity index is 3.20. The van der Waals surface area contributed by atoms with E-state index in [0.29, 0.717) is 13.2 Å². The second-order valence-corrected chi connectivity index (χ2v) is 2.32. The lowest BCUT2D eigenvalue weighted by Crippen LogP contribution is -2.17. The molecule has 0 saturated carbocycles. The van der Waals surface area contributed by atoms with Gasteiger partial charge in [0.05, 0.1) is 13.2 Å². The molecule has 68 valence electrons. The lowest BCUT2D eigenvalue weighted by atomic mass is 10.3. The SMILES string of the molecule is CCCC(OC)OCCOC. The Bertz CT molecular complexity index is 75.7. The molecule has 0 aromatic rings. The van der Waals surface area contributed by atoms with Crippen LogP contribution in [0.4, 0.5) is 0 Å². The summed E-state index contributed by atoms with van der Waals surface area (Å²) >= 11 is 0. The second kappa shape index (κ2) is 7.98. The van der Waals surface area contributed by atoms with Gasteiger partial charge in [-0.2, -0.15) is 0 Å². The average Bonchev–Trinajstić information content (AvgIpc) is 2.03. The van der Waals surface area contributed by atoms with Crippen LogP contribution in [0, 0.1) is 0 Å². The van der Waals surface area contributed by atoms with E-state index in [-0.39, 0.29) is 6.29 Å². The largest absolute Gasteiger partial charge is 0.382 e. The van der Waals surface area contributed by atoms with Gasteiger partial charge in [0.15, 0.2) is 6.29 Å². The van der Waals surface area contributed by atoms with E-state index >= 15 is 0 Å². The summed E-state index contributed by atoms with van der Waals surface area (Å²) in [6.07, 6.45) is 1.96. The van der Waals surface area contributed by atoms with E-state index < -0.39 is 0 Å². The first-order valence-corrected chi connectivity index (χ1v) is 3.98. The van der Waals surface area contributed by atoms with Crippen LogP contribution in [0.5, 0.6) is 0 Å². The topological polar surface area (TPSA) is 27.7 Å². The van der Waals surface area contributed by atoms with Crippen molar-refractivity contribution in [2.24, 2.45) is 0 Å². The number of ether oxygens (including phenoxy) is 3. The predicted molar refractivity (Wildman–Crippen MR) is 43.5 cm³/mol. The molecule has 11 heavy (non-hydrogen) atoms. The van der Waals surface area contributed by atoms with Gasteiger partial charge in [-0.3, -0.25) is 0 Å². The molecule has 1 atom stereocenters. The smallest absolute Gasteiger partial charge is 0.157 e. The van der Waals surface area contributed by atoms with E-state index in [0.717, 1.165) is 12.8 Å². The quantitative estimate of drug-likeness (QED) is 0.418. The van der Waals surface area contributed by atoms with Gasteiger partial charge in [0.1, 0.15) is 0 Å². The van der Waals surface area contributed by atoms with Crippen LogP contribution in [0.3, 0.4) is 0 Å². The third-order valence-electron chi connectivity index (χ3n) is 1.38. The lowest BCUT2D eigenvalue weighted by Gasteiger charge is -2.14. The summed E-state index contributed by atoms with van der Waals surface area (Å²) in [5.41, 5.74) is 0. The highest BCUT2D eigenvalue weighted by Gasteiger charge is 2.03. The Morgan fingerprint density at radius 1 is 1.18 bits per heavy atom. The summed E-state index contributed by atoms with van der Waals surface area (Å²) in [4.78, 5) is 0. The summed E-state index contributed by atoms with van der Waals surface area (Å²) in [6, 6.07) is 0. The Morgan fingerprint density at radius 3 is 2.36 bits per heavy atom. The molecule has 0 radical (unpaired) electrons. The Morgan fingerprint density at radius 2 is 1.91 bits per heavy atom. The maximum absolute atomic E-state index is 5.32. The maximum atomic E-state index is 5.32. The zero-order chi connectivity index (χ0) is 8.53. The van der Waals surface area contributed by atoms with Crippen molar-refractivity contribution in [2.75, 3.05) is 27.4 Å². The van der Waals surface area contributed by atoms with Crippen LogP contribution in [0.25, 0.3) is 0 Å². The van der Waals surface area contributed by atoms with Gasteiger partial charge < -0.3 is 14.2 Å². The fourth-order valence-corrected chi connectivity index (χ4v) is 0.768. The van der Waals surface area contributed by atoms with Crippen LogP contribution in [-0.2, 0) is 14.2 Å². The van der Waals surface area contributed by atoms with Gasteiger partial charge in [-0.05, 0) is 6.42 Å². The molecule has 0 fully saturated rings. The molecule has 0 bridgehead atoms. The van der Waals surface area contributed by atoms with Gasteiger partial charge in [-0.1, -0.05) is 13.3 Å². The molecule has 0 aliphatic rings. The minimum absolute atomic E-state index is 0.0600. The van der Waals surface area contributed by atoms with Gasteiger partial charge in [-0.15, -0.1) is 0 Å². The highest BCUT2D eigenvalue weighted by Crippen LogP contribution is 2.01. The van der Waals surface area contributed by atoms with Crippen LogP contribution in [0.1, 0.15) is 19.8 Å². The standard InChI is InChI=1S/C8H18O3/c1-4-5-8(10-3)11-7-6-9-2/h8H,4-7H2,1-3H3. The number of rotatable bonds is 7. The van der Waals surface area contributed by atoms with Crippen LogP contribution in [0.15, 0.2) is 0 Å². The van der Waals surface area contributed by atoms with Gasteiger partial charge in [-0.25, -0.2) is 0 Å². The van der Waals surface area contributed by atoms with E-state index in [4.69, 9.17) is 14.2 Å². The van der Waals surface area contributed by atoms with E-state index in [2.05, 4.69) is 6.92 Å². The van der Waals surface area contributed by atoms with Crippen molar-refractivity contribution in [1.29, 1.82) is 0 Å². The van der Waals surface area contributed by atoms with Gasteiger partial charge in [0.25, 0.3) is 0 Å². The van der Waals surface area contributed by atoms with Crippen molar-refractivity contribution in [2.45, 2.75) is 26.1 Å². The second-order valence-electron chi connectivity index (χ2n) is 2.32. The molecule has 0 heterocycles. The highest BCUT2D eigenvalue weighted by atomic mass is 16.7. The summed E-state index contributed by atoms with van der Waals surface area (Å²) in [5.74, 6) is 0. The van der Waals surface area contributed by atoms with Crippen LogP contribution < -0.4 is 0 Å². The third kappa shape index (κ3) is 6.28. The predicted octanol–water partition coefficient (Wildman–Crippen LogP) is 1.42. The average molecular weight is 162 g/mol. The fraction of sp³-hybridized carbons (Fsp3) is 1.00. The number of methoxy groups -OCH3 is 2. The van der Waals surface area contributed by atoms with Gasteiger partial charge in [0.2, 0.25) is 0 Å². The van der Waals surface area contributed by atoms with Gasteiger partial charge >= 0.3 is 0 Å². The zero-order valence-electron chi connectivity index (χ0n) is 7.63. The highest BCUT2D eigenvalue weighted by molar-refractivity contribution is 4.41. The molecule has 0 aromatic carbocycles. The van der Waals surface area contributed by atoms with E-state index in [1.54, 1.807) is 14.2 Å². The minimum atomic E-state index is -0.0600. The Hall–Kier alpha value is -0.120. The Kier molecular flexibility index (Phi) is 7.89. The molecular weight excluding hydrogens is 144 g/mol. The molecule has 0 spiro atoms. The summed E-state index contributed by atoms with van der Waals surface area (Å²) in [5, 5.41) is 0. The first kappa shape index (κ1) is 10.9. The van der Waals surface area contributed by atoms with Crippen molar-refractivity contribution in [3.05, 3.63) is 0 Å². The molecule has 3 nitrogen and oxygen atoms in total. The van der Waals surface area contributed by atoms with Crippen molar-refractivity contribution in [3.63, 3.8) is 0 Å². The third-order valence-corrected chi connectivity index (χ3v) is 1.38. The maximum Gasteiger partial charge on any atom is 0.157 e. The molecular formula is C8H18O3. The van der Waals surface area contributed by atoms with Crippen LogP contribution in [-0.4, -0.2) is 33.7 Å². The van der Waals surface area contributed by atoms with Crippen molar-refractivity contribution >= 4 is 0 Å². The van der Waals surface area contributed by atoms with Crippen molar-refractivity contribution in [3.8, 4) is 0 Å². The van der Waals surface area contributed by atoms with E-state index in [1.807, 2.05) is 0 Å². The molecule has 0 aromatic heterocycles. The molecule has 0 aliphatic heterocycles. The van der Waals surface area contributed by atoms with E-state index in [1.165, 1.54) is 0 Å². The molecule has 3 heteroatoms. The normalized spacial score (nSPS) is 13.4. The number of hydrogen-bond donors (Lipinski definition) is 0.